The predicted molar refractivity (Wildman–Crippen MR) is 75.3 cm³/mol. The topological polar surface area (TPSA) is 29.1 Å². The van der Waals surface area contributed by atoms with E-state index in [-0.39, 0.29) is 11.3 Å². The Kier molecular flexibility index (Phi) is 3.96. The zero-order valence-corrected chi connectivity index (χ0v) is 11.8. The second kappa shape index (κ2) is 5.31. The molecule has 2 rings (SSSR count). The summed E-state index contributed by atoms with van der Waals surface area (Å²) in [6.07, 6.45) is 3.38. The van der Waals surface area contributed by atoms with Crippen LogP contribution >= 0.6 is 11.6 Å². The molecule has 18 heavy (non-hydrogen) atoms. The van der Waals surface area contributed by atoms with Gasteiger partial charge in [-0.05, 0) is 61.8 Å². The number of carbonyl (C=O) groups is 1. The van der Waals surface area contributed by atoms with Gasteiger partial charge in [-0.3, -0.25) is 4.79 Å². The van der Waals surface area contributed by atoms with E-state index in [0.717, 1.165) is 24.1 Å². The standard InChI is InChI=1S/C15H20ClNO/c1-11-3-4-13(9-12(11)2)14(18)17-10-15(5-6-15)7-8-16/h3-4,9H,5-8,10H2,1-2H3,(H,17,18). The molecule has 98 valence electrons. The van der Waals surface area contributed by atoms with Gasteiger partial charge >= 0.3 is 0 Å². The monoisotopic (exact) mass is 265 g/mol. The first-order valence-electron chi connectivity index (χ1n) is 6.48. The van der Waals surface area contributed by atoms with Crippen LogP contribution in [0.5, 0.6) is 0 Å². The summed E-state index contributed by atoms with van der Waals surface area (Å²) in [7, 11) is 0. The number of benzene rings is 1. The normalized spacial score (nSPS) is 16.4. The molecule has 1 aliphatic carbocycles. The largest absolute Gasteiger partial charge is 0.351 e. The van der Waals surface area contributed by atoms with E-state index in [1.54, 1.807) is 0 Å². The van der Waals surface area contributed by atoms with Gasteiger partial charge in [0.15, 0.2) is 0 Å². The smallest absolute Gasteiger partial charge is 0.251 e. The van der Waals surface area contributed by atoms with Crippen LogP contribution in [0.2, 0.25) is 0 Å². The van der Waals surface area contributed by atoms with Crippen LogP contribution in [0.25, 0.3) is 0 Å². The highest BCUT2D eigenvalue weighted by molar-refractivity contribution is 6.17. The lowest BCUT2D eigenvalue weighted by Gasteiger charge is -2.14. The van der Waals surface area contributed by atoms with Crippen molar-refractivity contribution in [3.8, 4) is 0 Å². The molecule has 0 heterocycles. The van der Waals surface area contributed by atoms with Crippen LogP contribution in [0, 0.1) is 19.3 Å². The summed E-state index contributed by atoms with van der Waals surface area (Å²) in [5.74, 6) is 0.707. The second-order valence-corrected chi connectivity index (χ2v) is 5.80. The maximum absolute atomic E-state index is 12.0. The summed E-state index contributed by atoms with van der Waals surface area (Å²) in [6.45, 7) is 4.84. The van der Waals surface area contributed by atoms with Gasteiger partial charge in [0.25, 0.3) is 5.91 Å². The third kappa shape index (κ3) is 3.05. The van der Waals surface area contributed by atoms with Crippen LogP contribution in [0.4, 0.5) is 0 Å². The van der Waals surface area contributed by atoms with Gasteiger partial charge in [0.1, 0.15) is 0 Å². The van der Waals surface area contributed by atoms with E-state index in [0.29, 0.717) is 5.88 Å². The molecular formula is C15H20ClNO. The number of amides is 1. The number of carbonyl (C=O) groups excluding carboxylic acids is 1. The minimum absolute atomic E-state index is 0.0268. The van der Waals surface area contributed by atoms with Gasteiger partial charge in [-0.2, -0.15) is 0 Å². The molecular weight excluding hydrogens is 246 g/mol. The molecule has 1 aromatic rings. The summed E-state index contributed by atoms with van der Waals surface area (Å²) >= 11 is 5.78. The van der Waals surface area contributed by atoms with E-state index in [1.807, 2.05) is 25.1 Å². The zero-order chi connectivity index (χ0) is 13.2. The van der Waals surface area contributed by atoms with Crippen LogP contribution in [-0.2, 0) is 0 Å². The van der Waals surface area contributed by atoms with Crippen molar-refractivity contribution in [2.45, 2.75) is 33.1 Å². The first-order chi connectivity index (χ1) is 8.56. The molecule has 0 atom stereocenters. The molecule has 0 aromatic heterocycles. The van der Waals surface area contributed by atoms with Crippen molar-refractivity contribution in [3.05, 3.63) is 34.9 Å². The van der Waals surface area contributed by atoms with Crippen LogP contribution in [0.1, 0.15) is 40.7 Å². The first kappa shape index (κ1) is 13.4. The summed E-state index contributed by atoms with van der Waals surface area (Å²) < 4.78 is 0. The van der Waals surface area contributed by atoms with Crippen molar-refractivity contribution in [2.24, 2.45) is 5.41 Å². The van der Waals surface area contributed by atoms with Gasteiger partial charge in [-0.15, -0.1) is 11.6 Å². The fourth-order valence-electron chi connectivity index (χ4n) is 2.14. The summed E-state index contributed by atoms with van der Waals surface area (Å²) in [4.78, 5) is 12.0. The molecule has 0 radical (unpaired) electrons. The van der Waals surface area contributed by atoms with Gasteiger partial charge in [0.2, 0.25) is 0 Å². The lowest BCUT2D eigenvalue weighted by atomic mass is 10.0. The Morgan fingerprint density at radius 3 is 2.61 bits per heavy atom. The second-order valence-electron chi connectivity index (χ2n) is 5.42. The summed E-state index contributed by atoms with van der Waals surface area (Å²) in [6, 6.07) is 5.83. The quantitative estimate of drug-likeness (QED) is 0.812. The van der Waals surface area contributed by atoms with Crippen LogP contribution in [0.3, 0.4) is 0 Å². The number of alkyl halides is 1. The summed E-state index contributed by atoms with van der Waals surface area (Å²) in [5.41, 5.74) is 3.41. The zero-order valence-electron chi connectivity index (χ0n) is 11.1. The SMILES string of the molecule is Cc1ccc(C(=O)NCC2(CCCl)CC2)cc1C. The van der Waals surface area contributed by atoms with E-state index in [9.17, 15) is 4.79 Å². The van der Waals surface area contributed by atoms with Gasteiger partial charge in [0.05, 0.1) is 0 Å². The minimum Gasteiger partial charge on any atom is -0.351 e. The average Bonchev–Trinajstić information content (AvgIpc) is 3.11. The van der Waals surface area contributed by atoms with E-state index in [1.165, 1.54) is 18.4 Å². The number of aryl methyl sites for hydroxylation is 2. The molecule has 3 heteroatoms. The van der Waals surface area contributed by atoms with Crippen molar-refractivity contribution in [1.29, 1.82) is 0 Å². The van der Waals surface area contributed by atoms with Gasteiger partial charge in [-0.1, -0.05) is 6.07 Å². The Labute approximate surface area is 114 Å². The lowest BCUT2D eigenvalue weighted by molar-refractivity contribution is 0.0944. The highest BCUT2D eigenvalue weighted by Gasteiger charge is 2.41. The number of halogens is 1. The fourth-order valence-corrected chi connectivity index (χ4v) is 2.55. The Morgan fingerprint density at radius 2 is 2.06 bits per heavy atom. The molecule has 1 N–H and O–H groups in total. The van der Waals surface area contributed by atoms with Crippen LogP contribution in [0.15, 0.2) is 18.2 Å². The maximum Gasteiger partial charge on any atom is 0.251 e. The van der Waals surface area contributed by atoms with E-state index >= 15 is 0 Å². The van der Waals surface area contributed by atoms with Crippen molar-refractivity contribution in [1.82, 2.24) is 5.32 Å². The fraction of sp³-hybridized carbons (Fsp3) is 0.533. The Bertz CT molecular complexity index is 452. The number of nitrogens with one attached hydrogen (secondary N) is 1. The van der Waals surface area contributed by atoms with Crippen molar-refractivity contribution < 1.29 is 4.79 Å². The van der Waals surface area contributed by atoms with Crippen LogP contribution < -0.4 is 5.32 Å². The Hall–Kier alpha value is -1.02. The van der Waals surface area contributed by atoms with Crippen molar-refractivity contribution in [2.75, 3.05) is 12.4 Å². The molecule has 0 aliphatic heterocycles. The maximum atomic E-state index is 12.0. The predicted octanol–water partition coefficient (Wildman–Crippen LogP) is 3.44. The van der Waals surface area contributed by atoms with Crippen LogP contribution in [-0.4, -0.2) is 18.3 Å². The van der Waals surface area contributed by atoms with E-state index < -0.39 is 0 Å². The molecule has 1 saturated carbocycles. The number of rotatable bonds is 5. The lowest BCUT2D eigenvalue weighted by Crippen LogP contribution is -2.30. The number of hydrogen-bond acceptors (Lipinski definition) is 1. The molecule has 2 nitrogen and oxygen atoms in total. The highest BCUT2D eigenvalue weighted by atomic mass is 35.5. The van der Waals surface area contributed by atoms with E-state index in [2.05, 4.69) is 12.2 Å². The highest BCUT2D eigenvalue weighted by Crippen LogP contribution is 2.48. The Balaban J connectivity index is 1.93. The molecule has 1 aliphatic rings. The molecule has 1 amide bonds. The average molecular weight is 266 g/mol. The molecule has 0 unspecified atom stereocenters. The van der Waals surface area contributed by atoms with Crippen molar-refractivity contribution >= 4 is 17.5 Å². The first-order valence-corrected chi connectivity index (χ1v) is 7.01. The van der Waals surface area contributed by atoms with Gasteiger partial charge in [-0.25, -0.2) is 0 Å². The van der Waals surface area contributed by atoms with Gasteiger partial charge < -0.3 is 5.32 Å². The molecule has 1 fully saturated rings. The third-order valence-electron chi connectivity index (χ3n) is 3.97. The molecule has 0 spiro atoms. The van der Waals surface area contributed by atoms with Gasteiger partial charge in [0, 0.05) is 18.0 Å². The molecule has 1 aromatic carbocycles. The third-order valence-corrected chi connectivity index (χ3v) is 4.16. The minimum atomic E-state index is 0.0268. The van der Waals surface area contributed by atoms with Crippen molar-refractivity contribution in [3.63, 3.8) is 0 Å². The molecule has 0 bridgehead atoms. The molecule has 0 saturated heterocycles. The van der Waals surface area contributed by atoms with E-state index in [4.69, 9.17) is 11.6 Å². The number of hydrogen-bond donors (Lipinski definition) is 1. The Morgan fingerprint density at radius 1 is 1.33 bits per heavy atom. The summed E-state index contributed by atoms with van der Waals surface area (Å²) in [5, 5.41) is 3.04.